The van der Waals surface area contributed by atoms with Gasteiger partial charge in [-0.1, -0.05) is 26.0 Å². The van der Waals surface area contributed by atoms with Crippen molar-refractivity contribution in [2.24, 2.45) is 17.3 Å². The molecule has 3 rings (SSSR count). The first-order valence-corrected chi connectivity index (χ1v) is 4.50. The molecule has 0 aromatic rings. The zero-order valence-electron chi connectivity index (χ0n) is 7.62. The molecule has 0 spiro atoms. The van der Waals surface area contributed by atoms with Crippen molar-refractivity contribution < 1.29 is 10.2 Å². The number of hydrogen-bond acceptors (Lipinski definition) is 2. The molecule has 0 saturated heterocycles. The summed E-state index contributed by atoms with van der Waals surface area (Å²) in [6.07, 6.45) is -0.0562. The topological polar surface area (TPSA) is 40.5 Å². The highest BCUT2D eigenvalue weighted by Crippen LogP contribution is 2.60. The van der Waals surface area contributed by atoms with Crippen LogP contribution >= 0.6 is 0 Å². The predicted octanol–water partition coefficient (Wildman–Crippen LogP) is 0.940. The molecule has 0 aromatic heterocycles. The lowest BCUT2D eigenvalue weighted by atomic mass is 9.45. The fourth-order valence-electron chi connectivity index (χ4n) is 3.19. The largest absolute Gasteiger partial charge is 0.392 e. The van der Waals surface area contributed by atoms with Crippen LogP contribution in [-0.4, -0.2) is 22.4 Å². The van der Waals surface area contributed by atoms with E-state index in [0.717, 1.165) is 5.57 Å². The highest BCUT2D eigenvalue weighted by atomic mass is 16.3. The number of hydrogen-bond donors (Lipinski definition) is 2. The molecule has 2 heteroatoms. The minimum absolute atomic E-state index is 0.0498. The molecule has 0 radical (unpaired) electrons. The van der Waals surface area contributed by atoms with E-state index in [1.54, 1.807) is 0 Å². The number of aliphatic hydroxyl groups excluding tert-OH is 2. The van der Waals surface area contributed by atoms with Gasteiger partial charge < -0.3 is 10.2 Å². The summed E-state index contributed by atoms with van der Waals surface area (Å²) >= 11 is 0. The van der Waals surface area contributed by atoms with E-state index in [4.69, 9.17) is 0 Å². The molecule has 2 bridgehead atoms. The first-order chi connectivity index (χ1) is 5.46. The summed E-state index contributed by atoms with van der Waals surface area (Å²) in [5, 5.41) is 19.4. The molecule has 4 atom stereocenters. The second kappa shape index (κ2) is 2.12. The van der Waals surface area contributed by atoms with Crippen LogP contribution in [0.4, 0.5) is 0 Å². The molecule has 1 unspecified atom stereocenters. The Kier molecular flexibility index (Phi) is 1.46. The lowest BCUT2D eigenvalue weighted by molar-refractivity contribution is -0.203. The van der Waals surface area contributed by atoms with Gasteiger partial charge in [-0.15, -0.1) is 0 Å². The van der Waals surface area contributed by atoms with Crippen molar-refractivity contribution in [1.29, 1.82) is 0 Å². The van der Waals surface area contributed by atoms with Crippen LogP contribution in [0.5, 0.6) is 0 Å². The fourth-order valence-corrected chi connectivity index (χ4v) is 3.19. The Morgan fingerprint density at radius 1 is 1.42 bits per heavy atom. The Morgan fingerprint density at radius 3 is 2.33 bits per heavy atom. The number of fused-ring (bicyclic) bond motifs is 2. The molecule has 3 aliphatic carbocycles. The standard InChI is InChI=1S/C10H16O2/c1-5-4-6(11)8-9(12)7(5)10(8,2)3/h6-9,11-12H,1,4H2,2-3H3/t6-,7-,8-,9?/m0/s1. The molecule has 3 saturated carbocycles. The van der Waals surface area contributed by atoms with Crippen molar-refractivity contribution in [3.63, 3.8) is 0 Å². The van der Waals surface area contributed by atoms with Crippen molar-refractivity contribution in [3.8, 4) is 0 Å². The van der Waals surface area contributed by atoms with Crippen LogP contribution in [0.1, 0.15) is 20.3 Å². The van der Waals surface area contributed by atoms with Gasteiger partial charge in [0.25, 0.3) is 0 Å². The summed E-state index contributed by atoms with van der Waals surface area (Å²) in [6.45, 7) is 8.11. The van der Waals surface area contributed by atoms with Crippen LogP contribution in [0.15, 0.2) is 12.2 Å². The van der Waals surface area contributed by atoms with E-state index in [1.165, 1.54) is 0 Å². The van der Waals surface area contributed by atoms with Crippen LogP contribution < -0.4 is 0 Å². The van der Waals surface area contributed by atoms with Gasteiger partial charge in [-0.2, -0.15) is 0 Å². The molecule has 2 N–H and O–H groups in total. The fraction of sp³-hybridized carbons (Fsp3) is 0.800. The molecule has 2 nitrogen and oxygen atoms in total. The summed E-state index contributed by atoms with van der Waals surface area (Å²) in [6, 6.07) is 0. The van der Waals surface area contributed by atoms with E-state index in [2.05, 4.69) is 20.4 Å². The maximum Gasteiger partial charge on any atom is 0.0668 e. The highest BCUT2D eigenvalue weighted by Gasteiger charge is 2.62. The molecular formula is C10H16O2. The van der Waals surface area contributed by atoms with Gasteiger partial charge in [0.15, 0.2) is 0 Å². The third-order valence-electron chi connectivity index (χ3n) is 3.70. The monoisotopic (exact) mass is 168 g/mol. The van der Waals surface area contributed by atoms with Gasteiger partial charge >= 0.3 is 0 Å². The third kappa shape index (κ3) is 0.723. The Labute approximate surface area is 72.9 Å². The molecule has 0 amide bonds. The van der Waals surface area contributed by atoms with Gasteiger partial charge in [-0.25, -0.2) is 0 Å². The Bertz CT molecular complexity index is 228. The third-order valence-corrected chi connectivity index (χ3v) is 3.70. The molecule has 3 fully saturated rings. The van der Waals surface area contributed by atoms with Gasteiger partial charge in [0, 0.05) is 11.8 Å². The minimum atomic E-state index is -0.382. The summed E-state index contributed by atoms with van der Waals surface area (Å²) in [5.41, 5.74) is 1.07. The van der Waals surface area contributed by atoms with E-state index in [9.17, 15) is 10.2 Å². The first-order valence-electron chi connectivity index (χ1n) is 4.50. The SMILES string of the molecule is C=C1C[C@H](O)[C@H]2C(O)[C@H]1C2(C)C. The van der Waals surface area contributed by atoms with E-state index >= 15 is 0 Å². The lowest BCUT2D eigenvalue weighted by Crippen LogP contribution is -2.65. The van der Waals surface area contributed by atoms with Gasteiger partial charge in [-0.3, -0.25) is 0 Å². The molecule has 0 aromatic carbocycles. The van der Waals surface area contributed by atoms with Crippen LogP contribution in [0.2, 0.25) is 0 Å². The highest BCUT2D eigenvalue weighted by molar-refractivity contribution is 5.25. The average molecular weight is 168 g/mol. The van der Waals surface area contributed by atoms with Crippen molar-refractivity contribution in [3.05, 3.63) is 12.2 Å². The molecule has 3 aliphatic rings. The molecule has 0 aliphatic heterocycles. The maximum absolute atomic E-state index is 9.68. The average Bonchev–Trinajstić information content (AvgIpc) is 1.81. The summed E-state index contributed by atoms with van der Waals surface area (Å²) in [7, 11) is 0. The zero-order chi connectivity index (χ0) is 9.09. The zero-order valence-corrected chi connectivity index (χ0v) is 7.62. The van der Waals surface area contributed by atoms with Crippen molar-refractivity contribution >= 4 is 0 Å². The van der Waals surface area contributed by atoms with Crippen molar-refractivity contribution in [2.75, 3.05) is 0 Å². The number of aliphatic hydroxyl groups is 2. The van der Waals surface area contributed by atoms with E-state index in [1.807, 2.05) is 0 Å². The van der Waals surface area contributed by atoms with Gasteiger partial charge in [0.1, 0.15) is 0 Å². The molecule has 68 valence electrons. The van der Waals surface area contributed by atoms with Crippen LogP contribution in [0.25, 0.3) is 0 Å². The molecule has 12 heavy (non-hydrogen) atoms. The Hall–Kier alpha value is -0.340. The van der Waals surface area contributed by atoms with Gasteiger partial charge in [0.2, 0.25) is 0 Å². The van der Waals surface area contributed by atoms with Gasteiger partial charge in [-0.05, 0) is 11.8 Å². The normalized spacial score (nSPS) is 50.2. The van der Waals surface area contributed by atoms with Gasteiger partial charge in [0.05, 0.1) is 12.2 Å². The number of rotatable bonds is 0. The smallest absolute Gasteiger partial charge is 0.0668 e. The van der Waals surface area contributed by atoms with Crippen LogP contribution in [0.3, 0.4) is 0 Å². The van der Waals surface area contributed by atoms with E-state index < -0.39 is 0 Å². The summed E-state index contributed by atoms with van der Waals surface area (Å²) in [5.74, 6) is 0.277. The molecule has 0 heterocycles. The van der Waals surface area contributed by atoms with Crippen molar-refractivity contribution in [1.82, 2.24) is 0 Å². The van der Waals surface area contributed by atoms with Crippen LogP contribution in [-0.2, 0) is 0 Å². The Balaban J connectivity index is 2.32. The maximum atomic E-state index is 9.68. The minimum Gasteiger partial charge on any atom is -0.392 e. The second-order valence-electron chi connectivity index (χ2n) is 4.75. The van der Waals surface area contributed by atoms with E-state index in [-0.39, 0.29) is 29.5 Å². The quantitative estimate of drug-likeness (QED) is 0.528. The molecular weight excluding hydrogens is 152 g/mol. The van der Waals surface area contributed by atoms with E-state index in [0.29, 0.717) is 6.42 Å². The summed E-state index contributed by atoms with van der Waals surface area (Å²) in [4.78, 5) is 0. The summed E-state index contributed by atoms with van der Waals surface area (Å²) < 4.78 is 0. The lowest BCUT2D eigenvalue weighted by Gasteiger charge is -2.62. The Morgan fingerprint density at radius 2 is 2.00 bits per heavy atom. The predicted molar refractivity (Wildman–Crippen MR) is 46.5 cm³/mol. The first kappa shape index (κ1) is 8.27. The van der Waals surface area contributed by atoms with Crippen LogP contribution in [0, 0.1) is 17.3 Å². The van der Waals surface area contributed by atoms with Crippen molar-refractivity contribution in [2.45, 2.75) is 32.5 Å². The second-order valence-corrected chi connectivity index (χ2v) is 4.75.